The summed E-state index contributed by atoms with van der Waals surface area (Å²) in [4.78, 5) is 8.95. The first-order chi connectivity index (χ1) is 9.67. The van der Waals surface area contributed by atoms with Gasteiger partial charge in [0.2, 0.25) is 0 Å². The van der Waals surface area contributed by atoms with Crippen LogP contribution in [-0.4, -0.2) is 23.6 Å². The highest BCUT2D eigenvalue weighted by Gasteiger charge is 2.22. The van der Waals surface area contributed by atoms with E-state index < -0.39 is 0 Å². The van der Waals surface area contributed by atoms with Crippen LogP contribution >= 0.6 is 31.9 Å². The Morgan fingerprint density at radius 3 is 2.75 bits per heavy atom. The number of nitrogens with one attached hydrogen (secondary N) is 1. The SMILES string of the molecule is CCNC(c1ncc(Br)cc1Br)c1ncccc1OC. The molecule has 6 heteroatoms. The third-order valence-corrected chi connectivity index (χ3v) is 3.88. The minimum Gasteiger partial charge on any atom is -0.495 e. The van der Waals surface area contributed by atoms with Gasteiger partial charge in [-0.15, -0.1) is 0 Å². The molecule has 106 valence electrons. The van der Waals surface area contributed by atoms with Crippen molar-refractivity contribution in [1.82, 2.24) is 15.3 Å². The fourth-order valence-electron chi connectivity index (χ4n) is 1.96. The van der Waals surface area contributed by atoms with Crippen molar-refractivity contribution in [3.8, 4) is 5.75 Å². The van der Waals surface area contributed by atoms with Crippen LogP contribution in [0.25, 0.3) is 0 Å². The maximum atomic E-state index is 5.40. The molecule has 0 aliphatic rings. The van der Waals surface area contributed by atoms with Crippen molar-refractivity contribution in [3.05, 3.63) is 50.9 Å². The number of hydrogen-bond acceptors (Lipinski definition) is 4. The zero-order valence-electron chi connectivity index (χ0n) is 11.2. The second kappa shape index (κ2) is 7.15. The lowest BCUT2D eigenvalue weighted by molar-refractivity contribution is 0.399. The Morgan fingerprint density at radius 1 is 1.30 bits per heavy atom. The Morgan fingerprint density at radius 2 is 2.10 bits per heavy atom. The molecule has 0 aliphatic heterocycles. The maximum absolute atomic E-state index is 5.40. The molecule has 2 aromatic heterocycles. The van der Waals surface area contributed by atoms with E-state index in [0.29, 0.717) is 0 Å². The van der Waals surface area contributed by atoms with Gasteiger partial charge in [0.25, 0.3) is 0 Å². The highest BCUT2D eigenvalue weighted by Crippen LogP contribution is 2.31. The molecule has 1 unspecified atom stereocenters. The van der Waals surface area contributed by atoms with E-state index in [1.807, 2.05) is 18.2 Å². The van der Waals surface area contributed by atoms with E-state index in [-0.39, 0.29) is 6.04 Å². The Bertz CT molecular complexity index is 592. The molecule has 0 radical (unpaired) electrons. The van der Waals surface area contributed by atoms with Crippen LogP contribution in [0.2, 0.25) is 0 Å². The van der Waals surface area contributed by atoms with Crippen molar-refractivity contribution in [3.63, 3.8) is 0 Å². The molecule has 4 nitrogen and oxygen atoms in total. The first-order valence-corrected chi connectivity index (χ1v) is 7.79. The van der Waals surface area contributed by atoms with E-state index in [1.54, 1.807) is 19.5 Å². The predicted octanol–water partition coefficient (Wildman–Crippen LogP) is 3.71. The van der Waals surface area contributed by atoms with Crippen LogP contribution in [0.5, 0.6) is 5.75 Å². The average molecular weight is 401 g/mol. The largest absolute Gasteiger partial charge is 0.495 e. The lowest BCUT2D eigenvalue weighted by Crippen LogP contribution is -2.24. The molecule has 0 aliphatic carbocycles. The highest BCUT2D eigenvalue weighted by atomic mass is 79.9. The van der Waals surface area contributed by atoms with E-state index in [4.69, 9.17) is 4.74 Å². The van der Waals surface area contributed by atoms with E-state index in [1.165, 1.54) is 0 Å². The average Bonchev–Trinajstić information content (AvgIpc) is 2.45. The number of pyridine rings is 2. The fourth-order valence-corrected chi connectivity index (χ4v) is 3.17. The van der Waals surface area contributed by atoms with Crippen LogP contribution in [0.3, 0.4) is 0 Å². The van der Waals surface area contributed by atoms with Crippen molar-refractivity contribution in [2.45, 2.75) is 13.0 Å². The zero-order chi connectivity index (χ0) is 14.5. The van der Waals surface area contributed by atoms with Gasteiger partial charge in [0.05, 0.1) is 18.8 Å². The van der Waals surface area contributed by atoms with E-state index >= 15 is 0 Å². The van der Waals surface area contributed by atoms with Crippen LogP contribution < -0.4 is 10.1 Å². The Hall–Kier alpha value is -0.980. The first-order valence-electron chi connectivity index (χ1n) is 6.20. The summed E-state index contributed by atoms with van der Waals surface area (Å²) in [6, 6.07) is 5.61. The molecular weight excluding hydrogens is 386 g/mol. The minimum atomic E-state index is -0.126. The zero-order valence-corrected chi connectivity index (χ0v) is 14.4. The molecule has 0 aromatic carbocycles. The van der Waals surface area contributed by atoms with E-state index in [9.17, 15) is 0 Å². The molecule has 0 saturated carbocycles. The molecule has 2 aromatic rings. The Balaban J connectivity index is 2.50. The lowest BCUT2D eigenvalue weighted by atomic mass is 10.1. The number of hydrogen-bond donors (Lipinski definition) is 1. The number of methoxy groups -OCH3 is 1. The molecule has 1 atom stereocenters. The maximum Gasteiger partial charge on any atom is 0.142 e. The van der Waals surface area contributed by atoms with Gasteiger partial charge in [-0.05, 0) is 56.6 Å². The topological polar surface area (TPSA) is 47.0 Å². The van der Waals surface area contributed by atoms with E-state index in [2.05, 4.69) is 54.1 Å². The van der Waals surface area contributed by atoms with Gasteiger partial charge >= 0.3 is 0 Å². The van der Waals surface area contributed by atoms with Gasteiger partial charge in [0, 0.05) is 21.3 Å². The highest BCUT2D eigenvalue weighted by molar-refractivity contribution is 9.11. The molecule has 2 heterocycles. The quantitative estimate of drug-likeness (QED) is 0.830. The standard InChI is InChI=1S/C14H15Br2N3O/c1-3-17-14(12-10(16)7-9(15)8-19-12)13-11(20-2)5-4-6-18-13/h4-8,14,17H,3H2,1-2H3. The Kier molecular flexibility index (Phi) is 5.51. The third-order valence-electron chi connectivity index (χ3n) is 2.81. The Labute approximate surface area is 135 Å². The van der Waals surface area contributed by atoms with Gasteiger partial charge in [0.1, 0.15) is 11.4 Å². The minimum absolute atomic E-state index is 0.126. The van der Waals surface area contributed by atoms with Crippen molar-refractivity contribution in [1.29, 1.82) is 0 Å². The van der Waals surface area contributed by atoms with Gasteiger partial charge in [-0.1, -0.05) is 6.92 Å². The molecule has 20 heavy (non-hydrogen) atoms. The summed E-state index contributed by atoms with van der Waals surface area (Å²) in [6.07, 6.45) is 3.54. The van der Waals surface area contributed by atoms with Crippen LogP contribution in [-0.2, 0) is 0 Å². The number of aromatic nitrogens is 2. The van der Waals surface area contributed by atoms with Crippen molar-refractivity contribution >= 4 is 31.9 Å². The molecule has 0 bridgehead atoms. The van der Waals surface area contributed by atoms with Gasteiger partial charge in [-0.25, -0.2) is 0 Å². The lowest BCUT2D eigenvalue weighted by Gasteiger charge is -2.20. The summed E-state index contributed by atoms with van der Waals surface area (Å²) >= 11 is 6.98. The van der Waals surface area contributed by atoms with Gasteiger partial charge in [-0.2, -0.15) is 0 Å². The van der Waals surface area contributed by atoms with Crippen molar-refractivity contribution in [2.24, 2.45) is 0 Å². The van der Waals surface area contributed by atoms with E-state index in [0.717, 1.165) is 32.6 Å². The van der Waals surface area contributed by atoms with Crippen LogP contribution in [0, 0.1) is 0 Å². The molecule has 0 fully saturated rings. The summed E-state index contributed by atoms with van der Waals surface area (Å²) in [5.74, 6) is 0.745. The molecule has 2 rings (SSSR count). The smallest absolute Gasteiger partial charge is 0.142 e. The fraction of sp³-hybridized carbons (Fsp3) is 0.286. The molecule has 0 spiro atoms. The molecule has 0 amide bonds. The summed E-state index contributed by atoms with van der Waals surface area (Å²) in [7, 11) is 1.65. The molecule has 1 N–H and O–H groups in total. The summed E-state index contributed by atoms with van der Waals surface area (Å²) in [5, 5.41) is 3.40. The van der Waals surface area contributed by atoms with Crippen molar-refractivity contribution < 1.29 is 4.74 Å². The van der Waals surface area contributed by atoms with Crippen molar-refractivity contribution in [2.75, 3.05) is 13.7 Å². The number of rotatable bonds is 5. The van der Waals surface area contributed by atoms with Gasteiger partial charge in [0.15, 0.2) is 0 Å². The number of nitrogens with zero attached hydrogens (tertiary/aromatic N) is 2. The normalized spacial score (nSPS) is 12.2. The van der Waals surface area contributed by atoms with Crippen LogP contribution in [0.15, 0.2) is 39.5 Å². The van der Waals surface area contributed by atoms with Gasteiger partial charge < -0.3 is 10.1 Å². The summed E-state index contributed by atoms with van der Waals surface area (Å²) < 4.78 is 7.25. The second-order valence-corrected chi connectivity index (χ2v) is 5.87. The first kappa shape index (κ1) is 15.4. The number of halogens is 2. The molecule has 0 saturated heterocycles. The summed E-state index contributed by atoms with van der Waals surface area (Å²) in [5.41, 5.74) is 1.71. The number of ether oxygens (including phenoxy) is 1. The monoisotopic (exact) mass is 399 g/mol. The van der Waals surface area contributed by atoms with Crippen LogP contribution in [0.4, 0.5) is 0 Å². The predicted molar refractivity (Wildman–Crippen MR) is 85.9 cm³/mol. The van der Waals surface area contributed by atoms with Gasteiger partial charge in [-0.3, -0.25) is 9.97 Å². The third kappa shape index (κ3) is 3.37. The second-order valence-electron chi connectivity index (χ2n) is 4.10. The summed E-state index contributed by atoms with van der Waals surface area (Å²) in [6.45, 7) is 2.85. The molecular formula is C14H15Br2N3O. The van der Waals surface area contributed by atoms with Crippen LogP contribution in [0.1, 0.15) is 24.4 Å².